The van der Waals surface area contributed by atoms with Crippen LogP contribution < -0.4 is 5.32 Å². The number of hydrogen-bond donors (Lipinski definition) is 2. The Kier molecular flexibility index (Phi) is 9.64. The van der Waals surface area contributed by atoms with Gasteiger partial charge in [0.1, 0.15) is 6.61 Å². The molecule has 0 fully saturated rings. The van der Waals surface area contributed by atoms with Gasteiger partial charge in [-0.1, -0.05) is 19.9 Å². The molecule has 0 saturated carbocycles. The Bertz CT molecular complexity index is 755. The minimum absolute atomic E-state index is 0.0480. The Balaban J connectivity index is 1.89. The number of amides is 1. The number of esters is 1. The molecule has 1 aromatic rings. The molecule has 9 heteroatoms. The number of carbonyl (C=O) groups excluding carboxylic acids is 3. The highest BCUT2D eigenvalue weighted by Crippen LogP contribution is 2.27. The number of Topliss-reactive ketones (excluding diaryl/α,β-unsaturated/α-hetero) is 1. The van der Waals surface area contributed by atoms with E-state index in [4.69, 9.17) is 14.4 Å². The number of rotatable bonds is 13. The summed E-state index contributed by atoms with van der Waals surface area (Å²) in [4.78, 5) is 41.1. The van der Waals surface area contributed by atoms with Crippen LogP contribution in [0.5, 0.6) is 0 Å². The lowest BCUT2D eigenvalue weighted by Crippen LogP contribution is -2.26. The van der Waals surface area contributed by atoms with Crippen LogP contribution in [0.3, 0.4) is 0 Å². The number of nitrogens with one attached hydrogen (secondary N) is 1. The standard InChI is InChI=1S/C21H29NO7Si/c1-13(20(25)22-17-7-6-15-11-19(24)18(15)12-17)4-5-16(21(26)28-9-8-23)10-14(2)30-29-27-3/h6-7,12-14,16,23H,4-5,8-11H2,1-3H3,(H,22,25). The predicted molar refractivity (Wildman–Crippen MR) is 111 cm³/mol. The molecule has 30 heavy (non-hydrogen) atoms. The van der Waals surface area contributed by atoms with Crippen molar-refractivity contribution in [3.05, 3.63) is 29.3 Å². The molecule has 3 atom stereocenters. The van der Waals surface area contributed by atoms with Gasteiger partial charge in [-0.2, -0.15) is 0 Å². The maximum absolute atomic E-state index is 12.5. The molecule has 0 heterocycles. The fraction of sp³-hybridized carbons (Fsp3) is 0.571. The predicted octanol–water partition coefficient (Wildman–Crippen LogP) is 2.33. The Morgan fingerprint density at radius 3 is 2.70 bits per heavy atom. The van der Waals surface area contributed by atoms with E-state index in [1.54, 1.807) is 19.1 Å². The van der Waals surface area contributed by atoms with Gasteiger partial charge < -0.3 is 15.2 Å². The van der Waals surface area contributed by atoms with Crippen molar-refractivity contribution in [2.45, 2.75) is 45.1 Å². The highest BCUT2D eigenvalue weighted by atomic mass is 28.2. The Hall–Kier alpha value is -2.07. The number of hydrogen-bond acceptors (Lipinski definition) is 7. The number of benzene rings is 1. The summed E-state index contributed by atoms with van der Waals surface area (Å²) < 4.78 is 10.1. The van der Waals surface area contributed by atoms with Gasteiger partial charge in [-0.3, -0.25) is 23.8 Å². The van der Waals surface area contributed by atoms with E-state index in [0.29, 0.717) is 36.9 Å². The minimum atomic E-state index is -0.399. The van der Waals surface area contributed by atoms with Gasteiger partial charge in [-0.25, -0.2) is 0 Å². The molecule has 2 N–H and O–H groups in total. The third-order valence-corrected chi connectivity index (χ3v) is 5.97. The van der Waals surface area contributed by atoms with E-state index < -0.39 is 5.92 Å². The summed E-state index contributed by atoms with van der Waals surface area (Å²) in [5.74, 6) is -1.18. The van der Waals surface area contributed by atoms with E-state index in [-0.39, 0.29) is 52.1 Å². The highest BCUT2D eigenvalue weighted by molar-refractivity contribution is 6.29. The molecular weight excluding hydrogens is 406 g/mol. The molecule has 8 nitrogen and oxygen atoms in total. The first-order valence-electron chi connectivity index (χ1n) is 10.0. The van der Waals surface area contributed by atoms with Gasteiger partial charge >= 0.3 is 5.97 Å². The quantitative estimate of drug-likeness (QED) is 0.212. The van der Waals surface area contributed by atoms with Crippen LogP contribution in [0.4, 0.5) is 5.69 Å². The molecule has 2 radical (unpaired) electrons. The molecule has 0 spiro atoms. The third kappa shape index (κ3) is 7.01. The first-order valence-corrected chi connectivity index (χ1v) is 11.0. The fourth-order valence-electron chi connectivity index (χ4n) is 3.28. The van der Waals surface area contributed by atoms with Crippen molar-refractivity contribution in [1.82, 2.24) is 0 Å². The number of ketones is 1. The van der Waals surface area contributed by atoms with Crippen LogP contribution in [-0.4, -0.2) is 52.9 Å². The van der Waals surface area contributed by atoms with Gasteiger partial charge in [-0.05, 0) is 42.5 Å². The van der Waals surface area contributed by atoms with Crippen molar-refractivity contribution >= 4 is 33.1 Å². The van der Waals surface area contributed by atoms with Crippen molar-refractivity contribution < 1.29 is 33.7 Å². The summed E-state index contributed by atoms with van der Waals surface area (Å²) in [6.07, 6.45) is 1.97. The molecule has 1 aliphatic carbocycles. The van der Waals surface area contributed by atoms with Crippen molar-refractivity contribution in [1.29, 1.82) is 0 Å². The van der Waals surface area contributed by atoms with Crippen LogP contribution in [0.25, 0.3) is 0 Å². The molecule has 0 aromatic heterocycles. The van der Waals surface area contributed by atoms with Crippen LogP contribution in [0.1, 0.15) is 49.0 Å². The molecule has 0 aliphatic heterocycles. The van der Waals surface area contributed by atoms with Gasteiger partial charge in [-0.15, -0.1) is 0 Å². The molecule has 164 valence electrons. The van der Waals surface area contributed by atoms with E-state index in [9.17, 15) is 14.4 Å². The monoisotopic (exact) mass is 435 g/mol. The van der Waals surface area contributed by atoms with Crippen LogP contribution in [-0.2, 0) is 30.2 Å². The third-order valence-electron chi connectivity index (χ3n) is 5.06. The topological polar surface area (TPSA) is 111 Å². The van der Waals surface area contributed by atoms with Crippen LogP contribution in [0, 0.1) is 11.8 Å². The SMILES string of the molecule is COO[Si]C(C)CC(CCC(C)C(=O)Nc1ccc2c(c1)C(=O)C2)C(=O)OCCO. The summed E-state index contributed by atoms with van der Waals surface area (Å²) in [6.45, 7) is 3.47. The summed E-state index contributed by atoms with van der Waals surface area (Å²) in [5, 5.41) is 11.7. The highest BCUT2D eigenvalue weighted by Gasteiger charge is 2.26. The smallest absolute Gasteiger partial charge is 0.309 e. The average Bonchev–Trinajstić information content (AvgIpc) is 2.73. The van der Waals surface area contributed by atoms with Gasteiger partial charge in [0.25, 0.3) is 9.76 Å². The largest absolute Gasteiger partial charge is 0.463 e. The first kappa shape index (κ1) is 24.2. The van der Waals surface area contributed by atoms with E-state index in [1.165, 1.54) is 7.11 Å². The van der Waals surface area contributed by atoms with Crippen molar-refractivity contribution in [2.75, 3.05) is 25.6 Å². The maximum Gasteiger partial charge on any atom is 0.309 e. The Morgan fingerprint density at radius 2 is 2.03 bits per heavy atom. The number of aliphatic hydroxyl groups excluding tert-OH is 1. The summed E-state index contributed by atoms with van der Waals surface area (Å²) in [7, 11) is 1.52. The molecule has 1 aromatic carbocycles. The molecular formula is C21H29NO7Si. The summed E-state index contributed by atoms with van der Waals surface area (Å²) in [6, 6.07) is 5.36. The molecule has 0 saturated heterocycles. The van der Waals surface area contributed by atoms with Crippen molar-refractivity contribution in [3.63, 3.8) is 0 Å². The van der Waals surface area contributed by atoms with Crippen LogP contribution >= 0.6 is 0 Å². The summed E-state index contributed by atoms with van der Waals surface area (Å²) >= 11 is 0. The molecule has 3 unspecified atom stereocenters. The number of fused-ring (bicyclic) bond motifs is 1. The molecule has 2 rings (SSSR count). The molecule has 1 amide bonds. The van der Waals surface area contributed by atoms with Gasteiger partial charge in [0.2, 0.25) is 5.91 Å². The second-order valence-electron chi connectivity index (χ2n) is 7.53. The normalized spacial score (nSPS) is 15.5. The van der Waals surface area contributed by atoms with Crippen molar-refractivity contribution in [3.8, 4) is 0 Å². The second-order valence-corrected chi connectivity index (χ2v) is 8.92. The lowest BCUT2D eigenvalue weighted by molar-refractivity contribution is -0.180. The number of ether oxygens (including phenoxy) is 1. The van der Waals surface area contributed by atoms with E-state index in [2.05, 4.69) is 10.2 Å². The van der Waals surface area contributed by atoms with Gasteiger partial charge in [0.05, 0.1) is 19.6 Å². The van der Waals surface area contributed by atoms with E-state index in [1.807, 2.05) is 13.0 Å². The van der Waals surface area contributed by atoms with E-state index >= 15 is 0 Å². The van der Waals surface area contributed by atoms with Gasteiger partial charge in [0.15, 0.2) is 5.78 Å². The maximum atomic E-state index is 12.5. The fourth-order valence-corrected chi connectivity index (χ4v) is 3.92. The first-order chi connectivity index (χ1) is 14.3. The van der Waals surface area contributed by atoms with Crippen LogP contribution in [0.2, 0.25) is 5.54 Å². The zero-order valence-electron chi connectivity index (χ0n) is 17.6. The average molecular weight is 436 g/mol. The zero-order chi connectivity index (χ0) is 22.1. The lowest BCUT2D eigenvalue weighted by atomic mass is 9.87. The number of aliphatic hydroxyl groups is 1. The Morgan fingerprint density at radius 1 is 1.27 bits per heavy atom. The molecule has 1 aliphatic rings. The Labute approximate surface area is 179 Å². The van der Waals surface area contributed by atoms with E-state index in [0.717, 1.165) is 5.56 Å². The minimum Gasteiger partial charge on any atom is -0.463 e. The zero-order valence-corrected chi connectivity index (χ0v) is 18.6. The second kappa shape index (κ2) is 11.9. The molecule has 0 bridgehead atoms. The number of anilines is 1. The number of carbonyl (C=O) groups is 3. The van der Waals surface area contributed by atoms with Crippen LogP contribution in [0.15, 0.2) is 18.2 Å². The summed E-state index contributed by atoms with van der Waals surface area (Å²) in [5.41, 5.74) is 2.35. The van der Waals surface area contributed by atoms with Crippen molar-refractivity contribution in [2.24, 2.45) is 11.8 Å². The van der Waals surface area contributed by atoms with Gasteiger partial charge in [0, 0.05) is 23.6 Å². The lowest BCUT2D eigenvalue weighted by Gasteiger charge is -2.21.